The van der Waals surface area contributed by atoms with Crippen molar-refractivity contribution < 1.29 is 28.2 Å². The number of esters is 2. The molecule has 0 saturated heterocycles. The minimum Gasteiger partial charge on any atom is -0.466 e. The summed E-state index contributed by atoms with van der Waals surface area (Å²) in [4.78, 5) is 21.4. The van der Waals surface area contributed by atoms with Crippen molar-refractivity contribution in [3.05, 3.63) is 0 Å². The molecule has 0 aliphatic rings. The Morgan fingerprint density at radius 3 is 2.15 bits per heavy atom. The van der Waals surface area contributed by atoms with Crippen LogP contribution >= 0.6 is 8.03 Å². The molecule has 2 atom stereocenters. The zero-order valence-corrected chi connectivity index (χ0v) is 8.53. The van der Waals surface area contributed by atoms with Crippen LogP contribution in [-0.2, 0) is 28.2 Å². The van der Waals surface area contributed by atoms with Gasteiger partial charge in [0.25, 0.3) is 5.85 Å². The van der Waals surface area contributed by atoms with Crippen molar-refractivity contribution in [2.45, 2.75) is 12.8 Å². The van der Waals surface area contributed by atoms with E-state index in [-0.39, 0.29) is 0 Å². The van der Waals surface area contributed by atoms with Crippen molar-refractivity contribution in [1.29, 1.82) is 0 Å². The van der Waals surface area contributed by atoms with Gasteiger partial charge in [-0.25, -0.2) is 4.79 Å². The number of carbonyl (C=O) groups excluding carboxylic acids is 2. The van der Waals surface area contributed by atoms with E-state index in [0.29, 0.717) is 0 Å². The molecule has 6 nitrogen and oxygen atoms in total. The maximum atomic E-state index is 11.0. The highest BCUT2D eigenvalue weighted by Gasteiger charge is 2.28. The number of carbonyl (C=O) groups is 2. The van der Waals surface area contributed by atoms with E-state index in [1.807, 2.05) is 0 Å². The fourth-order valence-electron chi connectivity index (χ4n) is 0.572. The number of methoxy groups -OCH3 is 1. The van der Waals surface area contributed by atoms with Crippen LogP contribution in [0, 0.1) is 0 Å². The van der Waals surface area contributed by atoms with Crippen molar-refractivity contribution in [2.24, 2.45) is 0 Å². The second-order valence-corrected chi connectivity index (χ2v) is 3.61. The van der Waals surface area contributed by atoms with Crippen LogP contribution in [0.1, 0.15) is 6.92 Å². The molecule has 0 bridgehead atoms. The third-order valence-electron chi connectivity index (χ3n) is 1.11. The van der Waals surface area contributed by atoms with Crippen LogP contribution in [0.25, 0.3) is 0 Å². The second-order valence-electron chi connectivity index (χ2n) is 2.04. The summed E-state index contributed by atoms with van der Waals surface area (Å²) in [7, 11) is -0.487. The summed E-state index contributed by atoms with van der Waals surface area (Å²) in [6.45, 7) is 1.10. The number of rotatable bonds is 4. The zero-order chi connectivity index (χ0) is 10.4. The molecule has 76 valence electrons. The SMILES string of the molecule is COC(=O)C(OC(C)=O)[PH](=O)OC. The van der Waals surface area contributed by atoms with Gasteiger partial charge in [0, 0.05) is 14.0 Å². The van der Waals surface area contributed by atoms with E-state index in [2.05, 4.69) is 14.0 Å². The molecule has 0 rings (SSSR count). The van der Waals surface area contributed by atoms with Crippen molar-refractivity contribution >= 4 is 20.0 Å². The summed E-state index contributed by atoms with van der Waals surface area (Å²) >= 11 is 0. The minimum absolute atomic E-state index is 0.717. The lowest BCUT2D eigenvalue weighted by molar-refractivity contribution is -0.159. The summed E-state index contributed by atoms with van der Waals surface area (Å²) in [5, 5.41) is 0. The van der Waals surface area contributed by atoms with Gasteiger partial charge >= 0.3 is 11.9 Å². The Labute approximate surface area is 76.0 Å². The fourth-order valence-corrected chi connectivity index (χ4v) is 1.36. The quantitative estimate of drug-likeness (QED) is 0.486. The topological polar surface area (TPSA) is 78.9 Å². The standard InChI is InChI=1S/C6H11O6P/c1-4(7)12-6(5(8)10-2)13(9)11-3/h6,13H,1-3H3. The molecule has 0 saturated carbocycles. The molecule has 0 fully saturated rings. The first-order valence-electron chi connectivity index (χ1n) is 3.35. The van der Waals surface area contributed by atoms with Gasteiger partial charge in [0.1, 0.15) is 0 Å². The van der Waals surface area contributed by atoms with Gasteiger partial charge in [-0.2, -0.15) is 0 Å². The fraction of sp³-hybridized carbons (Fsp3) is 0.667. The van der Waals surface area contributed by atoms with E-state index in [0.717, 1.165) is 21.1 Å². The van der Waals surface area contributed by atoms with Crippen LogP contribution < -0.4 is 0 Å². The zero-order valence-electron chi connectivity index (χ0n) is 7.53. The Morgan fingerprint density at radius 1 is 1.31 bits per heavy atom. The predicted molar refractivity (Wildman–Crippen MR) is 43.6 cm³/mol. The normalized spacial score (nSPS) is 14.4. The summed E-state index contributed by atoms with van der Waals surface area (Å²) < 4.78 is 24.2. The van der Waals surface area contributed by atoms with Crippen LogP contribution in [-0.4, -0.2) is 32.0 Å². The maximum Gasteiger partial charge on any atom is 0.357 e. The molecule has 0 spiro atoms. The van der Waals surface area contributed by atoms with E-state index >= 15 is 0 Å². The molecule has 0 amide bonds. The average Bonchev–Trinajstić information content (AvgIpc) is 2.11. The van der Waals surface area contributed by atoms with Gasteiger partial charge < -0.3 is 14.0 Å². The molecule has 13 heavy (non-hydrogen) atoms. The molecule has 0 N–H and O–H groups in total. The summed E-state index contributed by atoms with van der Waals surface area (Å²) in [5.41, 5.74) is 0. The molecule has 0 aliphatic heterocycles. The first kappa shape index (κ1) is 12.1. The molecule has 0 radical (unpaired) electrons. The van der Waals surface area contributed by atoms with Crippen LogP contribution in [0.2, 0.25) is 0 Å². The number of hydrogen-bond donors (Lipinski definition) is 0. The molecule has 7 heteroatoms. The third kappa shape index (κ3) is 4.05. The lowest BCUT2D eigenvalue weighted by atomic mass is 10.7. The second kappa shape index (κ2) is 5.72. The number of ether oxygens (including phenoxy) is 2. The number of hydrogen-bond acceptors (Lipinski definition) is 6. The van der Waals surface area contributed by atoms with Gasteiger partial charge in [0.2, 0.25) is 8.03 Å². The third-order valence-corrected chi connectivity index (χ3v) is 2.30. The van der Waals surface area contributed by atoms with Crippen molar-refractivity contribution in [3.63, 3.8) is 0 Å². The van der Waals surface area contributed by atoms with Crippen molar-refractivity contribution in [1.82, 2.24) is 0 Å². The summed E-state index contributed by atoms with van der Waals surface area (Å²) in [6.07, 6.45) is 0. The van der Waals surface area contributed by atoms with Crippen molar-refractivity contribution in [2.75, 3.05) is 14.2 Å². The summed E-state index contributed by atoms with van der Waals surface area (Å²) in [6, 6.07) is 0. The highest BCUT2D eigenvalue weighted by Crippen LogP contribution is 2.29. The van der Waals surface area contributed by atoms with Gasteiger partial charge in [0.05, 0.1) is 7.11 Å². The molecular formula is C6H11O6P. The first-order chi connectivity index (χ1) is 6.02. The minimum atomic E-state index is -2.74. The van der Waals surface area contributed by atoms with Crippen LogP contribution in [0.5, 0.6) is 0 Å². The first-order valence-corrected chi connectivity index (χ1v) is 4.75. The van der Waals surface area contributed by atoms with Gasteiger partial charge in [-0.1, -0.05) is 0 Å². The van der Waals surface area contributed by atoms with E-state index < -0.39 is 25.8 Å². The van der Waals surface area contributed by atoms with Crippen LogP contribution in [0.15, 0.2) is 0 Å². The highest BCUT2D eigenvalue weighted by atomic mass is 31.1. The van der Waals surface area contributed by atoms with E-state index in [1.54, 1.807) is 0 Å². The monoisotopic (exact) mass is 210 g/mol. The van der Waals surface area contributed by atoms with E-state index in [9.17, 15) is 14.2 Å². The lowest BCUT2D eigenvalue weighted by Gasteiger charge is -2.12. The molecular weight excluding hydrogens is 199 g/mol. The van der Waals surface area contributed by atoms with Gasteiger partial charge in [-0.15, -0.1) is 0 Å². The molecule has 0 aliphatic carbocycles. The molecule has 0 aromatic carbocycles. The maximum absolute atomic E-state index is 11.0. The molecule has 0 aromatic heterocycles. The van der Waals surface area contributed by atoms with Gasteiger partial charge in [-0.05, 0) is 0 Å². The van der Waals surface area contributed by atoms with E-state index in [1.165, 1.54) is 0 Å². The Morgan fingerprint density at radius 2 is 1.85 bits per heavy atom. The Bertz CT molecular complexity index is 209. The lowest BCUT2D eigenvalue weighted by Crippen LogP contribution is -2.24. The highest BCUT2D eigenvalue weighted by molar-refractivity contribution is 7.41. The Balaban J connectivity index is 4.45. The van der Waals surface area contributed by atoms with Gasteiger partial charge in [0.15, 0.2) is 0 Å². The molecule has 0 aromatic rings. The van der Waals surface area contributed by atoms with Crippen LogP contribution in [0.4, 0.5) is 0 Å². The smallest absolute Gasteiger partial charge is 0.357 e. The molecule has 2 unspecified atom stereocenters. The van der Waals surface area contributed by atoms with Gasteiger partial charge in [-0.3, -0.25) is 9.36 Å². The van der Waals surface area contributed by atoms with E-state index in [4.69, 9.17) is 0 Å². The molecule has 0 heterocycles. The Hall–Kier alpha value is -0.870. The van der Waals surface area contributed by atoms with Crippen LogP contribution in [0.3, 0.4) is 0 Å². The average molecular weight is 210 g/mol. The van der Waals surface area contributed by atoms with Crippen molar-refractivity contribution in [3.8, 4) is 0 Å². The summed E-state index contributed by atoms with van der Waals surface area (Å²) in [5.74, 6) is -3.05. The predicted octanol–water partition coefficient (Wildman–Crippen LogP) is 0.170. The largest absolute Gasteiger partial charge is 0.466 e. The Kier molecular flexibility index (Phi) is 5.34.